The Kier molecular flexibility index (Phi) is 7.61. The first-order chi connectivity index (χ1) is 17.0. The Balaban J connectivity index is 1.57. The van der Waals surface area contributed by atoms with Gasteiger partial charge in [0.2, 0.25) is 0 Å². The first kappa shape index (κ1) is 24.2. The molecule has 4 aromatic carbocycles. The van der Waals surface area contributed by atoms with Gasteiger partial charge in [0.05, 0.1) is 11.4 Å². The van der Waals surface area contributed by atoms with Gasteiger partial charge in [0.1, 0.15) is 23.0 Å². The molecule has 0 saturated carbocycles. The molecule has 0 unspecified atom stereocenters. The molecule has 0 saturated heterocycles. The van der Waals surface area contributed by atoms with Gasteiger partial charge in [0, 0.05) is 5.41 Å². The van der Waals surface area contributed by atoms with Crippen molar-refractivity contribution >= 4 is 11.4 Å². The van der Waals surface area contributed by atoms with E-state index in [9.17, 15) is 0 Å². The third kappa shape index (κ3) is 5.78. The van der Waals surface area contributed by atoms with Crippen molar-refractivity contribution in [2.75, 3.05) is 11.5 Å². The van der Waals surface area contributed by atoms with Crippen LogP contribution in [0.3, 0.4) is 0 Å². The van der Waals surface area contributed by atoms with Crippen LogP contribution in [0.15, 0.2) is 97.1 Å². The quantitative estimate of drug-likeness (QED) is 0.182. The minimum absolute atomic E-state index is 0.135. The van der Waals surface area contributed by atoms with Gasteiger partial charge >= 0.3 is 0 Å². The van der Waals surface area contributed by atoms with Crippen LogP contribution in [0.4, 0.5) is 11.4 Å². The molecule has 0 aliphatic rings. The Hall–Kier alpha value is -3.92. The number of hydrogen-bond donors (Lipinski definition) is 2. The third-order valence-electron chi connectivity index (χ3n) is 6.56. The fourth-order valence-corrected chi connectivity index (χ4v) is 4.37. The number of nitrogen functional groups attached to an aromatic ring is 2. The summed E-state index contributed by atoms with van der Waals surface area (Å²) in [6, 6.07) is 31.8. The number of nitrogens with two attached hydrogens (primary N) is 2. The van der Waals surface area contributed by atoms with Crippen molar-refractivity contribution < 1.29 is 9.47 Å². The molecule has 4 rings (SSSR count). The molecule has 35 heavy (non-hydrogen) atoms. The molecule has 4 aromatic rings. The zero-order chi connectivity index (χ0) is 24.7. The average molecular weight is 467 g/mol. The highest BCUT2D eigenvalue weighted by atomic mass is 16.5. The van der Waals surface area contributed by atoms with Gasteiger partial charge in [-0.1, -0.05) is 81.6 Å². The van der Waals surface area contributed by atoms with Gasteiger partial charge in [-0.15, -0.1) is 0 Å². The Morgan fingerprint density at radius 2 is 1.03 bits per heavy atom. The van der Waals surface area contributed by atoms with Gasteiger partial charge in [-0.05, 0) is 66.1 Å². The second-order valence-electron chi connectivity index (χ2n) is 9.12. The van der Waals surface area contributed by atoms with Crippen LogP contribution < -0.4 is 20.9 Å². The van der Waals surface area contributed by atoms with Gasteiger partial charge in [0.25, 0.3) is 0 Å². The van der Waals surface area contributed by atoms with Crippen LogP contribution in [0, 0.1) is 0 Å². The van der Waals surface area contributed by atoms with Crippen molar-refractivity contribution in [2.45, 2.75) is 44.9 Å². The highest BCUT2D eigenvalue weighted by Crippen LogP contribution is 2.39. The number of anilines is 2. The summed E-state index contributed by atoms with van der Waals surface area (Å²) in [7, 11) is 0. The van der Waals surface area contributed by atoms with Gasteiger partial charge in [0.15, 0.2) is 0 Å². The molecular weight excluding hydrogens is 432 g/mol. The van der Waals surface area contributed by atoms with E-state index in [1.54, 1.807) is 0 Å². The summed E-state index contributed by atoms with van der Waals surface area (Å²) in [5, 5.41) is 0. The van der Waals surface area contributed by atoms with Crippen LogP contribution in [0.25, 0.3) is 0 Å². The van der Waals surface area contributed by atoms with E-state index >= 15 is 0 Å². The fraction of sp³-hybridized carbons (Fsp3) is 0.226. The van der Waals surface area contributed by atoms with Gasteiger partial charge < -0.3 is 20.9 Å². The van der Waals surface area contributed by atoms with Crippen molar-refractivity contribution in [1.29, 1.82) is 0 Å². The summed E-state index contributed by atoms with van der Waals surface area (Å²) < 4.78 is 12.0. The molecule has 180 valence electrons. The minimum atomic E-state index is -0.135. The molecule has 0 atom stereocenters. The lowest BCUT2D eigenvalue weighted by atomic mass is 9.72. The molecule has 0 spiro atoms. The van der Waals surface area contributed by atoms with Crippen LogP contribution in [-0.4, -0.2) is 0 Å². The number of para-hydroxylation sites is 4. The molecule has 0 amide bonds. The highest BCUT2D eigenvalue weighted by Gasteiger charge is 2.28. The monoisotopic (exact) mass is 466 g/mol. The van der Waals surface area contributed by atoms with E-state index < -0.39 is 0 Å². The molecule has 0 aromatic heterocycles. The zero-order valence-corrected chi connectivity index (χ0v) is 20.5. The van der Waals surface area contributed by atoms with E-state index in [-0.39, 0.29) is 5.41 Å². The maximum absolute atomic E-state index is 6.04. The van der Waals surface area contributed by atoms with Crippen LogP contribution in [-0.2, 0) is 5.41 Å². The predicted molar refractivity (Wildman–Crippen MR) is 145 cm³/mol. The van der Waals surface area contributed by atoms with E-state index in [1.807, 2.05) is 72.8 Å². The van der Waals surface area contributed by atoms with Crippen molar-refractivity contribution in [1.82, 2.24) is 0 Å². The SMILES string of the molecule is CCCCCC(C)(c1ccc(Oc2ccccc2N)cc1)c1ccc(Oc2ccccc2N)cc1. The molecule has 4 nitrogen and oxygen atoms in total. The summed E-state index contributed by atoms with van der Waals surface area (Å²) in [5.41, 5.74) is 15.7. The fourth-order valence-electron chi connectivity index (χ4n) is 4.37. The van der Waals surface area contributed by atoms with Crippen LogP contribution >= 0.6 is 0 Å². The average Bonchev–Trinajstić information content (AvgIpc) is 2.88. The Morgan fingerprint density at radius 3 is 1.43 bits per heavy atom. The Labute approximate surface area is 208 Å². The molecule has 0 aliphatic carbocycles. The first-order valence-corrected chi connectivity index (χ1v) is 12.3. The topological polar surface area (TPSA) is 70.5 Å². The van der Waals surface area contributed by atoms with Crippen LogP contribution in [0.1, 0.15) is 50.7 Å². The normalized spacial score (nSPS) is 11.3. The van der Waals surface area contributed by atoms with Crippen molar-refractivity contribution in [3.63, 3.8) is 0 Å². The van der Waals surface area contributed by atoms with Crippen LogP contribution in [0.2, 0.25) is 0 Å². The lowest BCUT2D eigenvalue weighted by molar-refractivity contribution is 0.470. The summed E-state index contributed by atoms with van der Waals surface area (Å²) in [5.74, 6) is 2.87. The molecule has 0 aliphatic heterocycles. The molecular formula is C31H34N2O2. The number of rotatable bonds is 10. The van der Waals surface area contributed by atoms with Gasteiger partial charge in [-0.3, -0.25) is 0 Å². The molecule has 0 bridgehead atoms. The smallest absolute Gasteiger partial charge is 0.150 e. The minimum Gasteiger partial charge on any atom is -0.455 e. The van der Waals surface area contributed by atoms with Gasteiger partial charge in [-0.25, -0.2) is 0 Å². The number of unbranched alkanes of at least 4 members (excludes halogenated alkanes) is 2. The summed E-state index contributed by atoms with van der Waals surface area (Å²) >= 11 is 0. The van der Waals surface area contributed by atoms with Crippen molar-refractivity contribution in [3.8, 4) is 23.0 Å². The largest absolute Gasteiger partial charge is 0.455 e. The van der Waals surface area contributed by atoms with Crippen molar-refractivity contribution in [2.24, 2.45) is 0 Å². The first-order valence-electron chi connectivity index (χ1n) is 12.3. The summed E-state index contributed by atoms with van der Waals surface area (Å²) in [6.45, 7) is 4.55. The predicted octanol–water partition coefficient (Wildman–Crippen LogP) is 8.32. The standard InChI is InChI=1S/C31H34N2O2/c1-3-4-9-22-31(2,23-14-18-25(19-15-23)34-29-12-7-5-10-27(29)32)24-16-20-26(21-17-24)35-30-13-8-6-11-28(30)33/h5-8,10-21H,3-4,9,22,32-33H2,1-2H3. The molecule has 0 radical (unpaired) electrons. The van der Waals surface area contributed by atoms with Gasteiger partial charge in [-0.2, -0.15) is 0 Å². The zero-order valence-electron chi connectivity index (χ0n) is 20.5. The molecule has 0 fully saturated rings. The van der Waals surface area contributed by atoms with E-state index in [0.29, 0.717) is 22.9 Å². The lowest BCUT2D eigenvalue weighted by Crippen LogP contribution is -2.23. The summed E-state index contributed by atoms with van der Waals surface area (Å²) in [4.78, 5) is 0. The molecule has 0 heterocycles. The Bertz CT molecular complexity index is 1140. The second kappa shape index (κ2) is 11.0. The highest BCUT2D eigenvalue weighted by molar-refractivity contribution is 5.55. The Morgan fingerprint density at radius 1 is 0.600 bits per heavy atom. The lowest BCUT2D eigenvalue weighted by Gasteiger charge is -2.31. The second-order valence-corrected chi connectivity index (χ2v) is 9.12. The maximum Gasteiger partial charge on any atom is 0.150 e. The van der Waals surface area contributed by atoms with Crippen LogP contribution in [0.5, 0.6) is 23.0 Å². The van der Waals surface area contributed by atoms with E-state index in [2.05, 4.69) is 38.1 Å². The number of ether oxygens (including phenoxy) is 2. The number of benzene rings is 4. The van der Waals surface area contributed by atoms with E-state index in [1.165, 1.54) is 24.0 Å². The van der Waals surface area contributed by atoms with Crippen molar-refractivity contribution in [3.05, 3.63) is 108 Å². The number of hydrogen-bond acceptors (Lipinski definition) is 4. The summed E-state index contributed by atoms with van der Waals surface area (Å²) in [6.07, 6.45) is 4.61. The maximum atomic E-state index is 6.04. The third-order valence-corrected chi connectivity index (χ3v) is 6.56. The molecule has 4 N–H and O–H groups in total. The van der Waals surface area contributed by atoms with E-state index in [4.69, 9.17) is 20.9 Å². The van der Waals surface area contributed by atoms with E-state index in [0.717, 1.165) is 24.3 Å². The molecule has 4 heteroatoms.